The Balaban J connectivity index is 1.56. The Morgan fingerprint density at radius 3 is 2.21 bits per heavy atom. The maximum atomic E-state index is 12.5. The second-order valence-electron chi connectivity index (χ2n) is 7.66. The van der Waals surface area contributed by atoms with Gasteiger partial charge in [0.25, 0.3) is 0 Å². The minimum Gasteiger partial charge on any atom is -0.388 e. The standard InChI is InChI=1S/C23H29N3O3/c1-16(24)22(21(28)15-27)25-23(29)26-13-11-20(12-14-26)19-9-7-18(8-10-19)17-5-3-2-4-6-17/h2-10,16,20,22,27H,11-15,24H2,1H3,(H,25,29)/t16-,22+/m1/s1. The molecule has 2 aromatic carbocycles. The number of urea groups is 1. The lowest BCUT2D eigenvalue weighted by molar-refractivity contribution is -0.124. The predicted octanol–water partition coefficient (Wildman–Crippen LogP) is 2.52. The molecule has 0 aliphatic carbocycles. The number of benzene rings is 2. The number of hydrogen-bond donors (Lipinski definition) is 3. The Bertz CT molecular complexity index is 813. The van der Waals surface area contributed by atoms with Crippen molar-refractivity contribution in [1.82, 2.24) is 10.2 Å². The molecular weight excluding hydrogens is 366 g/mol. The summed E-state index contributed by atoms with van der Waals surface area (Å²) >= 11 is 0. The van der Waals surface area contributed by atoms with Crippen LogP contribution in [0.1, 0.15) is 31.2 Å². The fourth-order valence-corrected chi connectivity index (χ4v) is 3.82. The third-order valence-electron chi connectivity index (χ3n) is 5.58. The van der Waals surface area contributed by atoms with Gasteiger partial charge in [-0.1, -0.05) is 54.6 Å². The summed E-state index contributed by atoms with van der Waals surface area (Å²) in [6.45, 7) is 2.25. The lowest BCUT2D eigenvalue weighted by atomic mass is 9.88. The van der Waals surface area contributed by atoms with Gasteiger partial charge in [0.1, 0.15) is 12.6 Å². The third kappa shape index (κ3) is 5.22. The zero-order valence-corrected chi connectivity index (χ0v) is 16.8. The molecule has 0 bridgehead atoms. The van der Waals surface area contributed by atoms with Crippen LogP contribution in [0.15, 0.2) is 54.6 Å². The lowest BCUT2D eigenvalue weighted by Crippen LogP contribution is -2.56. The molecule has 4 N–H and O–H groups in total. The molecule has 29 heavy (non-hydrogen) atoms. The van der Waals surface area contributed by atoms with E-state index >= 15 is 0 Å². The van der Waals surface area contributed by atoms with Crippen molar-refractivity contribution in [3.63, 3.8) is 0 Å². The Hall–Kier alpha value is -2.70. The summed E-state index contributed by atoms with van der Waals surface area (Å²) in [5.41, 5.74) is 9.46. The van der Waals surface area contributed by atoms with Crippen LogP contribution in [-0.4, -0.2) is 53.6 Å². The number of likely N-dealkylation sites (tertiary alicyclic amines) is 1. The van der Waals surface area contributed by atoms with Crippen molar-refractivity contribution in [2.75, 3.05) is 19.7 Å². The van der Waals surface area contributed by atoms with Crippen LogP contribution in [0.2, 0.25) is 0 Å². The smallest absolute Gasteiger partial charge is 0.318 e. The number of aliphatic hydroxyl groups is 1. The summed E-state index contributed by atoms with van der Waals surface area (Å²) in [4.78, 5) is 26.0. The molecule has 2 atom stereocenters. The van der Waals surface area contributed by atoms with E-state index < -0.39 is 24.5 Å². The van der Waals surface area contributed by atoms with E-state index in [9.17, 15) is 9.59 Å². The molecule has 6 nitrogen and oxygen atoms in total. The molecule has 6 heteroatoms. The van der Waals surface area contributed by atoms with E-state index in [1.165, 1.54) is 16.7 Å². The second-order valence-corrected chi connectivity index (χ2v) is 7.66. The van der Waals surface area contributed by atoms with Crippen LogP contribution < -0.4 is 11.1 Å². The summed E-state index contributed by atoms with van der Waals surface area (Å²) < 4.78 is 0. The number of amides is 2. The van der Waals surface area contributed by atoms with Crippen LogP contribution in [0.4, 0.5) is 4.79 Å². The highest BCUT2D eigenvalue weighted by atomic mass is 16.3. The largest absolute Gasteiger partial charge is 0.388 e. The summed E-state index contributed by atoms with van der Waals surface area (Å²) in [6, 6.07) is 17.2. The maximum Gasteiger partial charge on any atom is 0.318 e. The summed E-state index contributed by atoms with van der Waals surface area (Å²) in [6.07, 6.45) is 1.74. The molecule has 0 unspecified atom stereocenters. The number of nitrogens with two attached hydrogens (primary N) is 1. The molecule has 154 valence electrons. The molecule has 1 aliphatic heterocycles. The van der Waals surface area contributed by atoms with Gasteiger partial charge in [-0.2, -0.15) is 0 Å². The van der Waals surface area contributed by atoms with Crippen molar-refractivity contribution in [3.8, 4) is 11.1 Å². The first-order valence-electron chi connectivity index (χ1n) is 10.1. The monoisotopic (exact) mass is 395 g/mol. The number of piperidine rings is 1. The van der Waals surface area contributed by atoms with E-state index in [1.54, 1.807) is 11.8 Å². The highest BCUT2D eigenvalue weighted by molar-refractivity contribution is 5.90. The first kappa shape index (κ1) is 21.0. The molecule has 0 saturated carbocycles. The molecule has 2 aromatic rings. The van der Waals surface area contributed by atoms with Crippen molar-refractivity contribution < 1.29 is 14.7 Å². The minimum absolute atomic E-state index is 0.299. The Morgan fingerprint density at radius 1 is 1.07 bits per heavy atom. The number of nitrogens with one attached hydrogen (secondary N) is 1. The van der Waals surface area contributed by atoms with Crippen molar-refractivity contribution in [2.24, 2.45) is 5.73 Å². The molecule has 1 saturated heterocycles. The van der Waals surface area contributed by atoms with Crippen molar-refractivity contribution >= 4 is 11.8 Å². The van der Waals surface area contributed by atoms with Gasteiger partial charge in [-0.15, -0.1) is 0 Å². The highest BCUT2D eigenvalue weighted by Gasteiger charge is 2.28. The number of nitrogens with zero attached hydrogens (tertiary/aromatic N) is 1. The number of carbonyl (C=O) groups is 2. The van der Waals surface area contributed by atoms with E-state index in [1.807, 2.05) is 18.2 Å². The Labute approximate surface area is 171 Å². The molecular formula is C23H29N3O3. The zero-order chi connectivity index (χ0) is 20.8. The first-order chi connectivity index (χ1) is 14.0. The molecule has 0 radical (unpaired) electrons. The predicted molar refractivity (Wildman–Crippen MR) is 113 cm³/mol. The van der Waals surface area contributed by atoms with E-state index in [-0.39, 0.29) is 6.03 Å². The van der Waals surface area contributed by atoms with Gasteiger partial charge in [0.15, 0.2) is 5.78 Å². The molecule has 1 fully saturated rings. The summed E-state index contributed by atoms with van der Waals surface area (Å²) in [5.74, 6) is -0.0612. The van der Waals surface area contributed by atoms with Gasteiger partial charge in [0.05, 0.1) is 0 Å². The lowest BCUT2D eigenvalue weighted by Gasteiger charge is -2.33. The Morgan fingerprint density at radius 2 is 1.66 bits per heavy atom. The average Bonchev–Trinajstić information content (AvgIpc) is 2.77. The fourth-order valence-electron chi connectivity index (χ4n) is 3.82. The minimum atomic E-state index is -0.865. The highest BCUT2D eigenvalue weighted by Crippen LogP contribution is 2.30. The quantitative estimate of drug-likeness (QED) is 0.700. The number of aliphatic hydroxyl groups excluding tert-OH is 1. The molecule has 1 aliphatic rings. The SMILES string of the molecule is C[C@@H](N)[C@H](NC(=O)N1CCC(c2ccc(-c3ccccc3)cc2)CC1)C(=O)CO. The van der Waals surface area contributed by atoms with Gasteiger partial charge in [-0.05, 0) is 42.4 Å². The van der Waals surface area contributed by atoms with Crippen LogP contribution in [0.5, 0.6) is 0 Å². The van der Waals surface area contributed by atoms with E-state index in [0.717, 1.165) is 12.8 Å². The van der Waals surface area contributed by atoms with Crippen LogP contribution in [0.25, 0.3) is 11.1 Å². The number of ketones is 1. The fraction of sp³-hybridized carbons (Fsp3) is 0.391. The van der Waals surface area contributed by atoms with E-state index in [0.29, 0.717) is 19.0 Å². The van der Waals surface area contributed by atoms with Gasteiger partial charge in [-0.25, -0.2) is 4.79 Å². The summed E-state index contributed by atoms with van der Waals surface area (Å²) in [7, 11) is 0. The zero-order valence-electron chi connectivity index (χ0n) is 16.8. The van der Waals surface area contributed by atoms with Gasteiger partial charge >= 0.3 is 6.03 Å². The van der Waals surface area contributed by atoms with Gasteiger partial charge in [-0.3, -0.25) is 4.79 Å². The first-order valence-corrected chi connectivity index (χ1v) is 10.1. The molecule has 0 spiro atoms. The normalized spacial score (nSPS) is 16.9. The number of hydrogen-bond acceptors (Lipinski definition) is 4. The van der Waals surface area contributed by atoms with E-state index in [2.05, 4.69) is 41.7 Å². The Kier molecular flexibility index (Phi) is 7.01. The van der Waals surface area contributed by atoms with Gasteiger partial charge < -0.3 is 21.1 Å². The molecule has 0 aromatic heterocycles. The number of carbonyl (C=O) groups excluding carboxylic acids is 2. The van der Waals surface area contributed by atoms with Crippen LogP contribution in [-0.2, 0) is 4.79 Å². The third-order valence-corrected chi connectivity index (χ3v) is 5.58. The van der Waals surface area contributed by atoms with Crippen molar-refractivity contribution in [1.29, 1.82) is 0 Å². The number of Topliss-reactive ketones (excluding diaryl/α,β-unsaturated/α-hetero) is 1. The van der Waals surface area contributed by atoms with Crippen LogP contribution in [0.3, 0.4) is 0 Å². The summed E-state index contributed by atoms with van der Waals surface area (Å²) in [5, 5.41) is 11.7. The van der Waals surface area contributed by atoms with Crippen LogP contribution in [0, 0.1) is 0 Å². The van der Waals surface area contributed by atoms with Crippen LogP contribution >= 0.6 is 0 Å². The van der Waals surface area contributed by atoms with E-state index in [4.69, 9.17) is 10.8 Å². The molecule has 3 rings (SSSR count). The van der Waals surface area contributed by atoms with Crippen molar-refractivity contribution in [3.05, 3.63) is 60.2 Å². The van der Waals surface area contributed by atoms with Gasteiger partial charge in [0, 0.05) is 19.1 Å². The maximum absolute atomic E-state index is 12.5. The van der Waals surface area contributed by atoms with Gasteiger partial charge in [0.2, 0.25) is 0 Å². The average molecular weight is 396 g/mol. The van der Waals surface area contributed by atoms with Crippen molar-refractivity contribution in [2.45, 2.75) is 37.8 Å². The number of rotatable bonds is 6. The topological polar surface area (TPSA) is 95.7 Å². The molecule has 2 amide bonds. The second kappa shape index (κ2) is 9.67. The molecule has 1 heterocycles.